The first kappa shape index (κ1) is 21.1. The van der Waals surface area contributed by atoms with E-state index in [1.807, 2.05) is 25.1 Å². The highest BCUT2D eigenvalue weighted by Crippen LogP contribution is 2.29. The van der Waals surface area contributed by atoms with Crippen LogP contribution in [-0.2, 0) is 14.3 Å². The van der Waals surface area contributed by atoms with Gasteiger partial charge in [-0.25, -0.2) is 4.79 Å². The molecular formula is C21H25NO6. The molecule has 2 aromatic carbocycles. The van der Waals surface area contributed by atoms with Crippen molar-refractivity contribution in [3.05, 3.63) is 53.6 Å². The van der Waals surface area contributed by atoms with E-state index in [1.165, 1.54) is 0 Å². The maximum Gasteiger partial charge on any atom is 0.344 e. The van der Waals surface area contributed by atoms with Gasteiger partial charge in [-0.05, 0) is 43.7 Å². The van der Waals surface area contributed by atoms with Gasteiger partial charge in [0.2, 0.25) is 0 Å². The summed E-state index contributed by atoms with van der Waals surface area (Å²) in [5, 5.41) is 2.77. The second-order valence-electron chi connectivity index (χ2n) is 6.11. The first-order valence-corrected chi connectivity index (χ1v) is 8.80. The van der Waals surface area contributed by atoms with Crippen molar-refractivity contribution in [2.24, 2.45) is 0 Å². The average Bonchev–Trinajstić information content (AvgIpc) is 2.71. The SMILES string of the molecule is COc1ccc(OC)c(C(C)NC(=O)COC(=O)COc2ccccc2C)c1. The van der Waals surface area contributed by atoms with Crippen LogP contribution in [0.5, 0.6) is 17.2 Å². The van der Waals surface area contributed by atoms with Gasteiger partial charge in [-0.2, -0.15) is 0 Å². The van der Waals surface area contributed by atoms with Crippen LogP contribution in [0.15, 0.2) is 42.5 Å². The number of benzene rings is 2. The zero-order valence-corrected chi connectivity index (χ0v) is 16.5. The summed E-state index contributed by atoms with van der Waals surface area (Å²) in [6, 6.07) is 12.3. The summed E-state index contributed by atoms with van der Waals surface area (Å²) in [4.78, 5) is 23.9. The Kier molecular flexibility index (Phi) is 7.68. The van der Waals surface area contributed by atoms with E-state index >= 15 is 0 Å². The zero-order chi connectivity index (χ0) is 20.5. The molecule has 0 aliphatic rings. The highest BCUT2D eigenvalue weighted by Gasteiger charge is 2.16. The van der Waals surface area contributed by atoms with Crippen LogP contribution in [0.2, 0.25) is 0 Å². The molecule has 2 aromatic rings. The third kappa shape index (κ3) is 5.90. The quantitative estimate of drug-likeness (QED) is 0.666. The van der Waals surface area contributed by atoms with Gasteiger partial charge in [0.25, 0.3) is 5.91 Å². The number of ether oxygens (including phenoxy) is 4. The van der Waals surface area contributed by atoms with E-state index in [0.717, 1.165) is 11.1 Å². The van der Waals surface area contributed by atoms with E-state index in [1.54, 1.807) is 45.4 Å². The van der Waals surface area contributed by atoms with Crippen LogP contribution >= 0.6 is 0 Å². The summed E-state index contributed by atoms with van der Waals surface area (Å²) in [6.07, 6.45) is 0. The monoisotopic (exact) mass is 387 g/mol. The van der Waals surface area contributed by atoms with Gasteiger partial charge in [0.15, 0.2) is 13.2 Å². The molecule has 0 aromatic heterocycles. The second kappa shape index (κ2) is 10.2. The molecule has 7 heteroatoms. The number of hydrogen-bond acceptors (Lipinski definition) is 6. The van der Waals surface area contributed by atoms with Crippen molar-refractivity contribution in [2.75, 3.05) is 27.4 Å². The second-order valence-corrected chi connectivity index (χ2v) is 6.11. The number of rotatable bonds is 9. The topological polar surface area (TPSA) is 83.1 Å². The Morgan fingerprint density at radius 1 is 1.00 bits per heavy atom. The van der Waals surface area contributed by atoms with Gasteiger partial charge in [0.1, 0.15) is 17.2 Å². The molecule has 1 atom stereocenters. The molecule has 0 saturated heterocycles. The van der Waals surface area contributed by atoms with Crippen LogP contribution in [0.1, 0.15) is 24.1 Å². The lowest BCUT2D eigenvalue weighted by Gasteiger charge is -2.18. The predicted molar refractivity (Wildman–Crippen MR) is 104 cm³/mol. The molecule has 150 valence electrons. The number of carbonyl (C=O) groups is 2. The number of hydrogen-bond donors (Lipinski definition) is 1. The number of carbonyl (C=O) groups excluding carboxylic acids is 2. The number of para-hydroxylation sites is 1. The van der Waals surface area contributed by atoms with Crippen LogP contribution in [0, 0.1) is 6.92 Å². The smallest absolute Gasteiger partial charge is 0.344 e. The van der Waals surface area contributed by atoms with Crippen LogP contribution < -0.4 is 19.5 Å². The van der Waals surface area contributed by atoms with E-state index in [2.05, 4.69) is 5.32 Å². The summed E-state index contributed by atoms with van der Waals surface area (Å²) in [5.41, 5.74) is 1.67. The third-order valence-corrected chi connectivity index (χ3v) is 4.08. The molecule has 0 spiro atoms. The van der Waals surface area contributed by atoms with Crippen molar-refractivity contribution in [2.45, 2.75) is 19.9 Å². The molecule has 0 radical (unpaired) electrons. The van der Waals surface area contributed by atoms with E-state index < -0.39 is 18.5 Å². The van der Waals surface area contributed by atoms with Crippen molar-refractivity contribution in [3.63, 3.8) is 0 Å². The van der Waals surface area contributed by atoms with Crippen LogP contribution in [0.3, 0.4) is 0 Å². The summed E-state index contributed by atoms with van der Waals surface area (Å²) in [6.45, 7) is 3.02. The Hall–Kier alpha value is -3.22. The lowest BCUT2D eigenvalue weighted by atomic mass is 10.1. The molecule has 0 aliphatic carbocycles. The number of esters is 1. The Morgan fingerprint density at radius 2 is 1.75 bits per heavy atom. The fraction of sp³-hybridized carbons (Fsp3) is 0.333. The van der Waals surface area contributed by atoms with Gasteiger partial charge < -0.3 is 24.3 Å². The fourth-order valence-electron chi connectivity index (χ4n) is 2.58. The van der Waals surface area contributed by atoms with E-state index in [9.17, 15) is 9.59 Å². The molecule has 1 unspecified atom stereocenters. The summed E-state index contributed by atoms with van der Waals surface area (Å²) in [7, 11) is 3.11. The van der Waals surface area contributed by atoms with Gasteiger partial charge in [-0.3, -0.25) is 4.79 Å². The van der Waals surface area contributed by atoms with Gasteiger partial charge in [0, 0.05) is 5.56 Å². The van der Waals surface area contributed by atoms with Crippen molar-refractivity contribution in [1.29, 1.82) is 0 Å². The lowest BCUT2D eigenvalue weighted by Crippen LogP contribution is -2.32. The average molecular weight is 387 g/mol. The molecule has 2 rings (SSSR count). The van der Waals surface area contributed by atoms with Crippen molar-refractivity contribution < 1.29 is 28.5 Å². The van der Waals surface area contributed by atoms with Crippen molar-refractivity contribution >= 4 is 11.9 Å². The largest absolute Gasteiger partial charge is 0.497 e. The number of methoxy groups -OCH3 is 2. The first-order valence-electron chi connectivity index (χ1n) is 8.80. The van der Waals surface area contributed by atoms with Crippen LogP contribution in [-0.4, -0.2) is 39.3 Å². The molecule has 28 heavy (non-hydrogen) atoms. The number of nitrogens with one attached hydrogen (secondary N) is 1. The Balaban J connectivity index is 1.83. The molecule has 1 N–H and O–H groups in total. The fourth-order valence-corrected chi connectivity index (χ4v) is 2.58. The van der Waals surface area contributed by atoms with E-state index in [0.29, 0.717) is 17.2 Å². The Bertz CT molecular complexity index is 820. The predicted octanol–water partition coefficient (Wildman–Crippen LogP) is 2.81. The maximum atomic E-state index is 12.1. The molecule has 0 heterocycles. The van der Waals surface area contributed by atoms with E-state index in [4.69, 9.17) is 18.9 Å². The minimum absolute atomic E-state index is 0.266. The van der Waals surface area contributed by atoms with Crippen LogP contribution in [0.25, 0.3) is 0 Å². The summed E-state index contributed by atoms with van der Waals surface area (Å²) >= 11 is 0. The van der Waals surface area contributed by atoms with Gasteiger partial charge in [0.05, 0.1) is 20.3 Å². The number of aryl methyl sites for hydroxylation is 1. The van der Waals surface area contributed by atoms with Crippen molar-refractivity contribution in [3.8, 4) is 17.2 Å². The van der Waals surface area contributed by atoms with Gasteiger partial charge >= 0.3 is 5.97 Å². The Labute approximate surface area is 164 Å². The third-order valence-electron chi connectivity index (χ3n) is 4.08. The van der Waals surface area contributed by atoms with E-state index in [-0.39, 0.29) is 12.6 Å². The van der Waals surface area contributed by atoms with Gasteiger partial charge in [-0.15, -0.1) is 0 Å². The minimum atomic E-state index is -0.620. The molecule has 0 bridgehead atoms. The molecular weight excluding hydrogens is 362 g/mol. The summed E-state index contributed by atoms with van der Waals surface area (Å²) < 4.78 is 20.9. The molecule has 0 saturated carbocycles. The normalized spacial score (nSPS) is 11.3. The highest BCUT2D eigenvalue weighted by atomic mass is 16.6. The molecule has 7 nitrogen and oxygen atoms in total. The first-order chi connectivity index (χ1) is 13.4. The molecule has 0 fully saturated rings. The van der Waals surface area contributed by atoms with Crippen LogP contribution in [0.4, 0.5) is 0 Å². The lowest BCUT2D eigenvalue weighted by molar-refractivity contribution is -0.150. The standard InChI is InChI=1S/C21H25NO6/c1-14-7-5-6-8-18(14)27-13-21(24)28-12-20(23)22-15(2)17-11-16(25-3)9-10-19(17)26-4/h5-11,15H,12-13H2,1-4H3,(H,22,23). The highest BCUT2D eigenvalue weighted by molar-refractivity contribution is 5.81. The maximum absolute atomic E-state index is 12.1. The van der Waals surface area contributed by atoms with Gasteiger partial charge in [-0.1, -0.05) is 18.2 Å². The zero-order valence-electron chi connectivity index (χ0n) is 16.5. The molecule has 1 amide bonds. The minimum Gasteiger partial charge on any atom is -0.497 e. The molecule has 0 aliphatic heterocycles. The Morgan fingerprint density at radius 3 is 2.43 bits per heavy atom. The number of amides is 1. The van der Waals surface area contributed by atoms with Crippen molar-refractivity contribution in [1.82, 2.24) is 5.32 Å². The summed E-state index contributed by atoms with van der Waals surface area (Å²) in [5.74, 6) is 0.822.